The third-order valence-electron chi connectivity index (χ3n) is 3.10. The van der Waals surface area contributed by atoms with Gasteiger partial charge >= 0.3 is 0 Å². The number of halogens is 1. The lowest BCUT2D eigenvalue weighted by atomic mass is 10.0. The molecule has 2 aromatic rings. The summed E-state index contributed by atoms with van der Waals surface area (Å²) in [6.07, 6.45) is 0. The summed E-state index contributed by atoms with van der Waals surface area (Å²) in [6.45, 7) is 4.20. The maximum Gasteiger partial charge on any atom is 0.170 e. The first-order valence-electron chi connectivity index (χ1n) is 6.57. The second kappa shape index (κ2) is 6.50. The second-order valence-corrected chi connectivity index (χ2v) is 5.33. The van der Waals surface area contributed by atoms with Crippen LogP contribution in [0.5, 0.6) is 11.5 Å². The minimum Gasteiger partial charge on any atom is -0.456 e. The first-order valence-corrected chi connectivity index (χ1v) is 6.95. The molecular weight excluding hydrogens is 288 g/mol. The van der Waals surface area contributed by atoms with Gasteiger partial charge in [0.25, 0.3) is 0 Å². The Balaban J connectivity index is 2.33. The van der Waals surface area contributed by atoms with Crippen LogP contribution in [0.2, 0.25) is 5.02 Å². The molecule has 0 unspecified atom stereocenters. The van der Waals surface area contributed by atoms with Gasteiger partial charge in [0.05, 0.1) is 5.02 Å². The zero-order chi connectivity index (χ0) is 15.4. The Bertz CT molecular complexity index is 669. The number of benzene rings is 2. The average molecular weight is 305 g/mol. The Morgan fingerprint density at radius 2 is 1.90 bits per heavy atom. The minimum absolute atomic E-state index is 0.00558. The molecule has 0 aliphatic carbocycles. The van der Waals surface area contributed by atoms with E-state index in [1.807, 2.05) is 24.3 Å². The van der Waals surface area contributed by atoms with Crippen LogP contribution in [0.15, 0.2) is 47.6 Å². The monoisotopic (exact) mass is 304 g/mol. The van der Waals surface area contributed by atoms with Crippen LogP contribution >= 0.6 is 11.6 Å². The van der Waals surface area contributed by atoms with Crippen molar-refractivity contribution < 1.29 is 9.94 Å². The predicted molar refractivity (Wildman–Crippen MR) is 84.6 cm³/mol. The smallest absolute Gasteiger partial charge is 0.170 e. The molecule has 0 aliphatic heterocycles. The normalized spacial score (nSPS) is 11.7. The maximum atomic E-state index is 8.67. The van der Waals surface area contributed by atoms with E-state index in [4.69, 9.17) is 27.3 Å². The molecule has 21 heavy (non-hydrogen) atoms. The molecule has 4 nitrogen and oxygen atoms in total. The summed E-state index contributed by atoms with van der Waals surface area (Å²) in [5.74, 6) is 1.65. The van der Waals surface area contributed by atoms with Crippen molar-refractivity contribution in [2.45, 2.75) is 19.8 Å². The number of para-hydroxylation sites is 1. The van der Waals surface area contributed by atoms with Crippen molar-refractivity contribution in [2.75, 3.05) is 0 Å². The number of hydrogen-bond donors (Lipinski definition) is 2. The quantitative estimate of drug-likeness (QED) is 0.382. The largest absolute Gasteiger partial charge is 0.456 e. The Hall–Kier alpha value is -2.20. The van der Waals surface area contributed by atoms with Gasteiger partial charge in [-0.2, -0.15) is 0 Å². The Kier molecular flexibility index (Phi) is 4.70. The molecule has 110 valence electrons. The Morgan fingerprint density at radius 1 is 1.19 bits per heavy atom. The maximum absolute atomic E-state index is 8.67. The van der Waals surface area contributed by atoms with E-state index in [0.717, 1.165) is 11.3 Å². The van der Waals surface area contributed by atoms with E-state index in [1.165, 1.54) is 0 Å². The molecule has 0 saturated heterocycles. The van der Waals surface area contributed by atoms with Gasteiger partial charge in [0.15, 0.2) is 5.84 Å². The van der Waals surface area contributed by atoms with Crippen molar-refractivity contribution in [1.29, 1.82) is 0 Å². The van der Waals surface area contributed by atoms with E-state index in [0.29, 0.717) is 22.3 Å². The summed E-state index contributed by atoms with van der Waals surface area (Å²) in [7, 11) is 0. The number of ether oxygens (including phenoxy) is 1. The van der Waals surface area contributed by atoms with Crippen LogP contribution in [0.1, 0.15) is 30.9 Å². The van der Waals surface area contributed by atoms with Gasteiger partial charge in [-0.25, -0.2) is 0 Å². The fourth-order valence-corrected chi connectivity index (χ4v) is 2.19. The van der Waals surface area contributed by atoms with Gasteiger partial charge in [-0.3, -0.25) is 0 Å². The zero-order valence-corrected chi connectivity index (χ0v) is 12.6. The first kappa shape index (κ1) is 15.2. The molecule has 0 saturated carbocycles. The number of nitrogens with two attached hydrogens (primary N) is 1. The number of nitrogens with zero attached hydrogens (tertiary/aromatic N) is 1. The molecular formula is C16H17ClN2O2. The number of rotatable bonds is 4. The van der Waals surface area contributed by atoms with Crippen LogP contribution in [0.25, 0.3) is 0 Å². The highest BCUT2D eigenvalue weighted by Gasteiger charge is 2.11. The van der Waals surface area contributed by atoms with Gasteiger partial charge in [-0.1, -0.05) is 48.8 Å². The lowest BCUT2D eigenvalue weighted by Gasteiger charge is -2.14. The zero-order valence-electron chi connectivity index (χ0n) is 11.9. The number of oxime groups is 1. The van der Waals surface area contributed by atoms with Crippen LogP contribution < -0.4 is 10.5 Å². The molecule has 0 bridgehead atoms. The molecule has 2 rings (SSSR count). The highest BCUT2D eigenvalue weighted by Crippen LogP contribution is 2.34. The summed E-state index contributed by atoms with van der Waals surface area (Å²) in [6, 6.07) is 12.8. The molecule has 2 aromatic carbocycles. The molecule has 0 fully saturated rings. The van der Waals surface area contributed by atoms with Crippen molar-refractivity contribution in [2.24, 2.45) is 10.9 Å². The van der Waals surface area contributed by atoms with Crippen LogP contribution in [-0.4, -0.2) is 11.0 Å². The van der Waals surface area contributed by atoms with Crippen LogP contribution in [-0.2, 0) is 0 Å². The van der Waals surface area contributed by atoms with E-state index in [1.54, 1.807) is 18.2 Å². The summed E-state index contributed by atoms with van der Waals surface area (Å²) in [5.41, 5.74) is 7.17. The van der Waals surface area contributed by atoms with E-state index in [-0.39, 0.29) is 5.84 Å². The first-order chi connectivity index (χ1) is 10.0. The molecule has 5 heteroatoms. The predicted octanol–water partition coefficient (Wildman–Crippen LogP) is 4.35. The number of amidine groups is 1. The van der Waals surface area contributed by atoms with E-state index in [2.05, 4.69) is 19.0 Å². The van der Waals surface area contributed by atoms with Crippen LogP contribution in [0, 0.1) is 0 Å². The third kappa shape index (κ3) is 3.47. The van der Waals surface area contributed by atoms with Crippen molar-refractivity contribution in [1.82, 2.24) is 0 Å². The van der Waals surface area contributed by atoms with Crippen LogP contribution in [0.4, 0.5) is 0 Å². The minimum atomic E-state index is 0.00558. The Morgan fingerprint density at radius 3 is 2.52 bits per heavy atom. The van der Waals surface area contributed by atoms with E-state index >= 15 is 0 Å². The van der Waals surface area contributed by atoms with Crippen molar-refractivity contribution in [3.05, 3.63) is 58.6 Å². The van der Waals surface area contributed by atoms with E-state index in [9.17, 15) is 0 Å². The lowest BCUT2D eigenvalue weighted by Crippen LogP contribution is -2.12. The molecule has 0 atom stereocenters. The lowest BCUT2D eigenvalue weighted by molar-refractivity contribution is 0.318. The summed E-state index contributed by atoms with van der Waals surface area (Å²) in [5, 5.41) is 12.0. The van der Waals surface area contributed by atoms with Gasteiger partial charge in [-0.05, 0) is 35.7 Å². The van der Waals surface area contributed by atoms with Crippen LogP contribution in [0.3, 0.4) is 0 Å². The fraction of sp³-hybridized carbons (Fsp3) is 0.188. The Labute approximate surface area is 128 Å². The van der Waals surface area contributed by atoms with Crippen molar-refractivity contribution in [3.8, 4) is 11.5 Å². The SMILES string of the molecule is CC(C)c1ccccc1Oc1ccc(C(N)=NO)cc1Cl. The summed E-state index contributed by atoms with van der Waals surface area (Å²) >= 11 is 6.20. The van der Waals surface area contributed by atoms with Gasteiger partial charge in [0.2, 0.25) is 0 Å². The molecule has 0 spiro atoms. The standard InChI is InChI=1S/C16H17ClN2O2/c1-10(2)12-5-3-4-6-14(12)21-15-8-7-11(9-13(15)17)16(18)19-20/h3-10,20H,1-2H3,(H2,18,19). The second-order valence-electron chi connectivity index (χ2n) is 4.93. The van der Waals surface area contributed by atoms with Gasteiger partial charge in [0, 0.05) is 5.56 Å². The molecule has 0 amide bonds. The van der Waals surface area contributed by atoms with Crippen molar-refractivity contribution >= 4 is 17.4 Å². The molecule has 0 heterocycles. The third-order valence-corrected chi connectivity index (χ3v) is 3.39. The molecule has 3 N–H and O–H groups in total. The van der Waals surface area contributed by atoms with Crippen molar-refractivity contribution in [3.63, 3.8) is 0 Å². The average Bonchev–Trinajstić information content (AvgIpc) is 2.48. The highest BCUT2D eigenvalue weighted by atomic mass is 35.5. The van der Waals surface area contributed by atoms with Gasteiger partial charge in [0.1, 0.15) is 11.5 Å². The molecule has 0 aliphatic rings. The summed E-state index contributed by atoms with van der Waals surface area (Å²) in [4.78, 5) is 0. The number of hydrogen-bond acceptors (Lipinski definition) is 3. The molecule has 0 radical (unpaired) electrons. The molecule has 0 aromatic heterocycles. The fourth-order valence-electron chi connectivity index (χ4n) is 1.97. The van der Waals surface area contributed by atoms with Gasteiger partial charge in [-0.15, -0.1) is 0 Å². The highest BCUT2D eigenvalue weighted by molar-refractivity contribution is 6.32. The summed E-state index contributed by atoms with van der Waals surface area (Å²) < 4.78 is 5.89. The van der Waals surface area contributed by atoms with Gasteiger partial charge < -0.3 is 15.7 Å². The van der Waals surface area contributed by atoms with E-state index < -0.39 is 0 Å². The topological polar surface area (TPSA) is 67.8 Å².